The van der Waals surface area contributed by atoms with Gasteiger partial charge in [-0.2, -0.15) is 13.2 Å². The third-order valence-corrected chi connectivity index (χ3v) is 4.52. The Labute approximate surface area is 199 Å². The fraction of sp³-hybridized carbons (Fsp3) is 0.174. The van der Waals surface area contributed by atoms with Gasteiger partial charge in [-0.1, -0.05) is 0 Å². The van der Waals surface area contributed by atoms with Gasteiger partial charge in [-0.15, -0.1) is 13.2 Å². The highest BCUT2D eigenvalue weighted by Gasteiger charge is 2.38. The van der Waals surface area contributed by atoms with Crippen LogP contribution in [0.15, 0.2) is 54.7 Å². The molecule has 0 atom stereocenters. The topological polar surface area (TPSA) is 86.8 Å². The van der Waals surface area contributed by atoms with Gasteiger partial charge in [0.15, 0.2) is 5.78 Å². The van der Waals surface area contributed by atoms with E-state index in [1.54, 1.807) is 0 Å². The van der Waals surface area contributed by atoms with Crippen molar-refractivity contribution in [2.45, 2.75) is 19.5 Å². The summed E-state index contributed by atoms with van der Waals surface area (Å²) < 4.78 is 92.0. The number of alkyl halides is 6. The van der Waals surface area contributed by atoms with Crippen LogP contribution in [-0.2, 0) is 6.18 Å². The molecule has 0 spiro atoms. The Kier molecular flexibility index (Phi) is 7.41. The quantitative estimate of drug-likeness (QED) is 0.296. The van der Waals surface area contributed by atoms with Crippen LogP contribution in [0.25, 0.3) is 0 Å². The largest absolute Gasteiger partial charge is 0.573 e. The molecule has 0 saturated carbocycles. The van der Waals surface area contributed by atoms with Gasteiger partial charge >= 0.3 is 12.5 Å². The van der Waals surface area contributed by atoms with Crippen LogP contribution in [0.3, 0.4) is 0 Å². The number of halogens is 6. The van der Waals surface area contributed by atoms with Crippen LogP contribution in [0.2, 0.25) is 0 Å². The molecule has 190 valence electrons. The minimum atomic E-state index is -4.93. The summed E-state index contributed by atoms with van der Waals surface area (Å²) in [7, 11) is 0.925. The Hall–Kier alpha value is -4.29. The molecular formula is C23H16F6N2O5. The monoisotopic (exact) mass is 514 g/mol. The van der Waals surface area contributed by atoms with Gasteiger partial charge in [0.05, 0.1) is 12.7 Å². The molecule has 0 saturated heterocycles. The number of carbonyl (C=O) groups is 2. The molecule has 7 nitrogen and oxygen atoms in total. The summed E-state index contributed by atoms with van der Waals surface area (Å²) in [6.07, 6.45) is -8.60. The fourth-order valence-electron chi connectivity index (χ4n) is 3.03. The molecule has 13 heteroatoms. The second kappa shape index (κ2) is 10.1. The van der Waals surface area contributed by atoms with E-state index in [0.717, 1.165) is 37.4 Å². The van der Waals surface area contributed by atoms with E-state index in [9.17, 15) is 35.9 Å². The summed E-state index contributed by atoms with van der Waals surface area (Å²) in [5.74, 6) is -3.40. The number of rotatable bonds is 7. The molecule has 0 radical (unpaired) electrons. The molecule has 2 aromatic carbocycles. The number of ether oxygens (including phenoxy) is 3. The number of nitrogens with zero attached hydrogens (tertiary/aromatic N) is 1. The predicted molar refractivity (Wildman–Crippen MR) is 113 cm³/mol. The molecular weight excluding hydrogens is 498 g/mol. The van der Waals surface area contributed by atoms with E-state index >= 15 is 0 Å². The zero-order valence-corrected chi connectivity index (χ0v) is 18.5. The molecule has 0 bridgehead atoms. The minimum Gasteiger partial charge on any atom is -0.495 e. The Bertz CT molecular complexity index is 1270. The van der Waals surface area contributed by atoms with Gasteiger partial charge < -0.3 is 19.5 Å². The van der Waals surface area contributed by atoms with Crippen LogP contribution in [0.5, 0.6) is 23.0 Å². The maximum atomic E-state index is 13.6. The second-order valence-corrected chi connectivity index (χ2v) is 7.08. The van der Waals surface area contributed by atoms with Crippen LogP contribution >= 0.6 is 0 Å². The number of aromatic nitrogens is 1. The standard InChI is InChI=1S/C23H16F6N2O5/c1-12(32)17-11-13(9-10-30-17)31-21(33)19-18(8-7-16(20(19)34-2)22(24,25)26)35-14-3-5-15(6-4-14)36-23(27,28)29/h3-11H,1-2H3,(H,30,31,33). The summed E-state index contributed by atoms with van der Waals surface area (Å²) in [5, 5.41) is 2.36. The Morgan fingerprint density at radius 2 is 1.56 bits per heavy atom. The normalized spacial score (nSPS) is 11.6. The van der Waals surface area contributed by atoms with Gasteiger partial charge in [-0.3, -0.25) is 14.6 Å². The lowest BCUT2D eigenvalue weighted by Gasteiger charge is -2.19. The van der Waals surface area contributed by atoms with Crippen molar-refractivity contribution in [1.29, 1.82) is 0 Å². The van der Waals surface area contributed by atoms with Crippen molar-refractivity contribution < 1.29 is 50.1 Å². The lowest BCUT2D eigenvalue weighted by Crippen LogP contribution is -2.18. The molecule has 1 aromatic heterocycles. The molecule has 1 amide bonds. The molecule has 3 rings (SSSR count). The molecule has 1 N–H and O–H groups in total. The molecule has 1 heterocycles. The first-order valence-electron chi connectivity index (χ1n) is 9.88. The van der Waals surface area contributed by atoms with Crippen molar-refractivity contribution in [3.05, 3.63) is 71.5 Å². The number of ketones is 1. The number of Topliss-reactive ketones (excluding diaryl/α,β-unsaturated/α-hetero) is 1. The Morgan fingerprint density at radius 3 is 2.11 bits per heavy atom. The van der Waals surface area contributed by atoms with Crippen LogP contribution in [0.4, 0.5) is 32.0 Å². The SMILES string of the molecule is COc1c(C(F)(F)F)ccc(Oc2ccc(OC(F)(F)F)cc2)c1C(=O)Nc1ccnc(C(C)=O)c1. The average Bonchev–Trinajstić information content (AvgIpc) is 2.78. The van der Waals surface area contributed by atoms with E-state index < -0.39 is 46.9 Å². The second-order valence-electron chi connectivity index (χ2n) is 7.08. The van der Waals surface area contributed by atoms with Gasteiger partial charge in [0.25, 0.3) is 5.91 Å². The average molecular weight is 514 g/mol. The van der Waals surface area contributed by atoms with Crippen molar-refractivity contribution in [2.24, 2.45) is 0 Å². The van der Waals surface area contributed by atoms with Crippen molar-refractivity contribution in [2.75, 3.05) is 12.4 Å². The van der Waals surface area contributed by atoms with E-state index in [0.29, 0.717) is 6.07 Å². The summed E-state index contributed by atoms with van der Waals surface area (Å²) in [6, 6.07) is 8.00. The van der Waals surface area contributed by atoms with E-state index in [4.69, 9.17) is 9.47 Å². The number of anilines is 1. The predicted octanol–water partition coefficient (Wildman–Crippen LogP) is 6.25. The number of hydrogen-bond acceptors (Lipinski definition) is 6. The van der Waals surface area contributed by atoms with Crippen LogP contribution in [0.1, 0.15) is 33.3 Å². The van der Waals surface area contributed by atoms with E-state index in [1.807, 2.05) is 0 Å². The highest BCUT2D eigenvalue weighted by Crippen LogP contribution is 2.43. The third kappa shape index (κ3) is 6.43. The molecule has 0 aliphatic heterocycles. The first-order chi connectivity index (χ1) is 16.8. The lowest BCUT2D eigenvalue weighted by molar-refractivity contribution is -0.274. The van der Waals surface area contributed by atoms with Crippen molar-refractivity contribution in [3.63, 3.8) is 0 Å². The van der Waals surface area contributed by atoms with Crippen molar-refractivity contribution in [1.82, 2.24) is 4.98 Å². The summed E-state index contributed by atoms with van der Waals surface area (Å²) in [5.41, 5.74) is -1.86. The van der Waals surface area contributed by atoms with Gasteiger partial charge in [-0.25, -0.2) is 0 Å². The van der Waals surface area contributed by atoms with Gasteiger partial charge in [0, 0.05) is 18.8 Å². The number of hydrogen-bond donors (Lipinski definition) is 1. The number of nitrogens with one attached hydrogen (secondary N) is 1. The van der Waals surface area contributed by atoms with Crippen LogP contribution in [0, 0.1) is 0 Å². The number of pyridine rings is 1. The number of amides is 1. The summed E-state index contributed by atoms with van der Waals surface area (Å²) >= 11 is 0. The Balaban J connectivity index is 2.02. The smallest absolute Gasteiger partial charge is 0.495 e. The zero-order valence-electron chi connectivity index (χ0n) is 18.5. The maximum Gasteiger partial charge on any atom is 0.573 e. The summed E-state index contributed by atoms with van der Waals surface area (Å²) in [6.45, 7) is 1.24. The summed E-state index contributed by atoms with van der Waals surface area (Å²) in [4.78, 5) is 28.5. The fourth-order valence-corrected chi connectivity index (χ4v) is 3.03. The Morgan fingerprint density at radius 1 is 0.917 bits per heavy atom. The molecule has 3 aromatic rings. The van der Waals surface area contributed by atoms with E-state index in [2.05, 4.69) is 15.0 Å². The first-order valence-corrected chi connectivity index (χ1v) is 9.88. The van der Waals surface area contributed by atoms with Gasteiger partial charge in [0.1, 0.15) is 34.3 Å². The van der Waals surface area contributed by atoms with E-state index in [1.165, 1.54) is 25.3 Å². The van der Waals surface area contributed by atoms with Gasteiger partial charge in [0.2, 0.25) is 0 Å². The molecule has 0 aliphatic carbocycles. The number of methoxy groups -OCH3 is 1. The molecule has 36 heavy (non-hydrogen) atoms. The molecule has 0 aliphatic rings. The zero-order chi connectivity index (χ0) is 26.7. The maximum absolute atomic E-state index is 13.6. The van der Waals surface area contributed by atoms with Crippen LogP contribution in [-0.4, -0.2) is 30.1 Å². The van der Waals surface area contributed by atoms with Crippen molar-refractivity contribution >= 4 is 17.4 Å². The van der Waals surface area contributed by atoms with Crippen LogP contribution < -0.4 is 19.5 Å². The molecule has 0 fully saturated rings. The highest BCUT2D eigenvalue weighted by atomic mass is 19.4. The number of benzene rings is 2. The minimum absolute atomic E-state index is 0.00134. The van der Waals surface area contributed by atoms with E-state index in [-0.39, 0.29) is 22.9 Å². The first kappa shape index (κ1) is 26.3. The third-order valence-electron chi connectivity index (χ3n) is 4.52. The van der Waals surface area contributed by atoms with Gasteiger partial charge in [-0.05, 0) is 48.5 Å². The van der Waals surface area contributed by atoms with Crippen molar-refractivity contribution in [3.8, 4) is 23.0 Å². The molecule has 0 unspecified atom stereocenters. The highest BCUT2D eigenvalue weighted by molar-refractivity contribution is 6.09. The number of carbonyl (C=O) groups excluding carboxylic acids is 2. The lowest BCUT2D eigenvalue weighted by atomic mass is 10.1.